The molecule has 0 aromatic rings. The predicted molar refractivity (Wildman–Crippen MR) is 196 cm³/mol. The van der Waals surface area contributed by atoms with Crippen LogP contribution in [-0.2, 0) is 38.1 Å². The van der Waals surface area contributed by atoms with Gasteiger partial charge in [-0.1, -0.05) is 13.3 Å². The maximum atomic E-state index is 13.2. The third-order valence-electron chi connectivity index (χ3n) is 6.27. The first kappa shape index (κ1) is 49.0. The SMILES string of the molecule is CCCC(C)(C)OC(=O)NCC(=O)NCC(CNC(=O)CNC(=O)OC(C)(C)C)(CNC(=O)CNC(=O)OC(C)(C)C)NC(=O)CNC(=O)OC(C)(C)C. The summed E-state index contributed by atoms with van der Waals surface area (Å²) in [6, 6.07) is 0. The lowest BCUT2D eigenvalue weighted by atomic mass is 9.98. The lowest BCUT2D eigenvalue weighted by molar-refractivity contribution is -0.125. The molecule has 20 nitrogen and oxygen atoms in total. The molecule has 8 amide bonds. The fourth-order valence-corrected chi connectivity index (χ4v) is 4.14. The van der Waals surface area contributed by atoms with Crippen molar-refractivity contribution >= 4 is 48.0 Å². The molecule has 0 aromatic heterocycles. The van der Waals surface area contributed by atoms with Crippen LogP contribution in [0, 0.1) is 0 Å². The van der Waals surface area contributed by atoms with E-state index in [1.807, 2.05) is 6.92 Å². The van der Waals surface area contributed by atoms with E-state index in [-0.39, 0.29) is 0 Å². The lowest BCUT2D eigenvalue weighted by Crippen LogP contribution is -2.67. The van der Waals surface area contributed by atoms with Gasteiger partial charge in [0.15, 0.2) is 0 Å². The van der Waals surface area contributed by atoms with Crippen molar-refractivity contribution in [3.8, 4) is 0 Å². The van der Waals surface area contributed by atoms with Crippen LogP contribution in [0.25, 0.3) is 0 Å². The minimum Gasteiger partial charge on any atom is -0.444 e. The highest BCUT2D eigenvalue weighted by Crippen LogP contribution is 2.16. The summed E-state index contributed by atoms with van der Waals surface area (Å²) in [5.74, 6) is -3.04. The van der Waals surface area contributed by atoms with Crippen LogP contribution in [0.3, 0.4) is 0 Å². The molecule has 310 valence electrons. The average molecular weight is 775 g/mol. The fourth-order valence-electron chi connectivity index (χ4n) is 4.14. The standard InChI is InChI=1S/C34H62N8O12/c1-13-14-33(11,12)54-29(50)37-17-24(45)41-21-34(42-25(46)18-38-28(49)53-32(8,9)10,19-39-22(43)15-35-26(47)51-30(2,3)4)20-40-23(44)16-36-27(48)52-31(5,6)7/h13-21H2,1-12H3,(H,35,47)(H,36,48)(H,37,50)(H,38,49)(H,39,43)(H,40,44)(H,41,45)(H,42,46). The van der Waals surface area contributed by atoms with Gasteiger partial charge in [0.05, 0.1) is 25.2 Å². The van der Waals surface area contributed by atoms with E-state index in [0.29, 0.717) is 6.42 Å². The topological polar surface area (TPSA) is 270 Å². The molecule has 0 aromatic carbocycles. The molecule has 0 fully saturated rings. The summed E-state index contributed by atoms with van der Waals surface area (Å²) in [7, 11) is 0. The molecule has 0 bridgehead atoms. The molecule has 0 saturated heterocycles. The number of alkyl carbamates (subject to hydrolysis) is 4. The molecule has 0 spiro atoms. The lowest BCUT2D eigenvalue weighted by Gasteiger charge is -2.35. The van der Waals surface area contributed by atoms with Crippen molar-refractivity contribution in [2.24, 2.45) is 0 Å². The van der Waals surface area contributed by atoms with Crippen LogP contribution in [0.5, 0.6) is 0 Å². The maximum absolute atomic E-state index is 13.2. The van der Waals surface area contributed by atoms with Gasteiger partial charge in [0.25, 0.3) is 0 Å². The van der Waals surface area contributed by atoms with Crippen molar-refractivity contribution in [3.05, 3.63) is 0 Å². The van der Waals surface area contributed by atoms with Gasteiger partial charge in [-0.3, -0.25) is 19.2 Å². The second kappa shape index (κ2) is 21.6. The van der Waals surface area contributed by atoms with Crippen molar-refractivity contribution in [1.82, 2.24) is 42.5 Å². The highest BCUT2D eigenvalue weighted by molar-refractivity contribution is 5.86. The van der Waals surface area contributed by atoms with E-state index in [9.17, 15) is 38.4 Å². The molecule has 0 rings (SSSR count). The number of carbonyl (C=O) groups is 8. The Bertz CT molecular complexity index is 1270. The van der Waals surface area contributed by atoms with Gasteiger partial charge in [-0.05, 0) is 82.6 Å². The third-order valence-corrected chi connectivity index (χ3v) is 6.27. The van der Waals surface area contributed by atoms with Crippen molar-refractivity contribution < 1.29 is 57.3 Å². The number of hydrogen-bond donors (Lipinski definition) is 8. The molecular weight excluding hydrogens is 712 g/mol. The number of carbonyl (C=O) groups excluding carboxylic acids is 8. The number of hydrogen-bond acceptors (Lipinski definition) is 12. The van der Waals surface area contributed by atoms with Crippen LogP contribution < -0.4 is 42.5 Å². The van der Waals surface area contributed by atoms with Crippen molar-refractivity contribution in [2.45, 2.75) is 124 Å². The largest absolute Gasteiger partial charge is 0.444 e. The Morgan fingerprint density at radius 1 is 0.407 bits per heavy atom. The number of rotatable bonds is 18. The molecule has 0 saturated carbocycles. The Morgan fingerprint density at radius 2 is 0.685 bits per heavy atom. The van der Waals surface area contributed by atoms with Gasteiger partial charge in [0.1, 0.15) is 28.9 Å². The Hall–Kier alpha value is -5.04. The van der Waals surface area contributed by atoms with Crippen LogP contribution in [0.15, 0.2) is 0 Å². The molecule has 8 N–H and O–H groups in total. The van der Waals surface area contributed by atoms with Gasteiger partial charge >= 0.3 is 24.4 Å². The minimum absolute atomic E-state index is 0.457. The number of ether oxygens (including phenoxy) is 4. The highest BCUT2D eigenvalue weighted by Gasteiger charge is 2.35. The van der Waals surface area contributed by atoms with E-state index >= 15 is 0 Å². The number of amides is 8. The Morgan fingerprint density at radius 3 is 0.963 bits per heavy atom. The zero-order valence-corrected chi connectivity index (χ0v) is 33.8. The molecule has 54 heavy (non-hydrogen) atoms. The third kappa shape index (κ3) is 25.8. The second-order valence-electron chi connectivity index (χ2n) is 16.0. The van der Waals surface area contributed by atoms with Gasteiger partial charge in [-0.15, -0.1) is 0 Å². The zero-order valence-electron chi connectivity index (χ0n) is 33.8. The van der Waals surface area contributed by atoms with Crippen LogP contribution in [0.2, 0.25) is 0 Å². The smallest absolute Gasteiger partial charge is 0.408 e. The maximum Gasteiger partial charge on any atom is 0.408 e. The molecule has 0 aliphatic carbocycles. The first-order chi connectivity index (χ1) is 24.5. The molecule has 0 unspecified atom stereocenters. The molecule has 0 aliphatic rings. The van der Waals surface area contributed by atoms with E-state index in [4.69, 9.17) is 18.9 Å². The van der Waals surface area contributed by atoms with Crippen molar-refractivity contribution in [1.29, 1.82) is 0 Å². The molecule has 0 aliphatic heterocycles. The fraction of sp³-hybridized carbons (Fsp3) is 0.765. The van der Waals surface area contributed by atoms with E-state index in [2.05, 4.69) is 42.5 Å². The zero-order chi connectivity index (χ0) is 42.0. The van der Waals surface area contributed by atoms with Crippen LogP contribution in [0.1, 0.15) is 95.9 Å². The monoisotopic (exact) mass is 774 g/mol. The Labute approximate surface area is 317 Å². The van der Waals surface area contributed by atoms with Gasteiger partial charge in [-0.25, -0.2) is 19.2 Å². The van der Waals surface area contributed by atoms with Crippen LogP contribution in [0.4, 0.5) is 19.2 Å². The number of nitrogens with one attached hydrogen (secondary N) is 8. The predicted octanol–water partition coefficient (Wildman–Crippen LogP) is 1.07. The summed E-state index contributed by atoms with van der Waals surface area (Å²) in [6.07, 6.45) is -2.15. The summed E-state index contributed by atoms with van der Waals surface area (Å²) >= 11 is 0. The summed E-state index contributed by atoms with van der Waals surface area (Å²) < 4.78 is 20.8. The Balaban J connectivity index is 6.17. The molecule has 0 radical (unpaired) electrons. The molecule has 0 heterocycles. The first-order valence-electron chi connectivity index (χ1n) is 17.5. The van der Waals surface area contributed by atoms with Crippen molar-refractivity contribution in [3.63, 3.8) is 0 Å². The van der Waals surface area contributed by atoms with Crippen molar-refractivity contribution in [2.75, 3.05) is 45.8 Å². The van der Waals surface area contributed by atoms with Crippen LogP contribution >= 0.6 is 0 Å². The van der Waals surface area contributed by atoms with Gasteiger partial charge in [-0.2, -0.15) is 0 Å². The van der Waals surface area contributed by atoms with E-state index in [0.717, 1.165) is 6.42 Å². The summed E-state index contributed by atoms with van der Waals surface area (Å²) in [5, 5.41) is 19.5. The minimum atomic E-state index is -1.71. The van der Waals surface area contributed by atoms with E-state index < -0.39 is 122 Å². The normalized spacial score (nSPS) is 11.9. The first-order valence-corrected chi connectivity index (χ1v) is 17.5. The molecule has 20 heteroatoms. The average Bonchev–Trinajstić information content (AvgIpc) is 2.98. The summed E-state index contributed by atoms with van der Waals surface area (Å²) in [5.41, 5.74) is -5.03. The van der Waals surface area contributed by atoms with Crippen LogP contribution in [-0.4, -0.2) is 122 Å². The van der Waals surface area contributed by atoms with E-state index in [1.54, 1.807) is 76.2 Å². The van der Waals surface area contributed by atoms with Gasteiger partial charge < -0.3 is 61.5 Å². The quantitative estimate of drug-likeness (QED) is 0.0909. The molecule has 0 atom stereocenters. The summed E-state index contributed by atoms with van der Waals surface area (Å²) in [6.45, 7) is 16.5. The Kier molecular flexibility index (Phi) is 19.6. The molecular formula is C34H62N8O12. The van der Waals surface area contributed by atoms with Gasteiger partial charge in [0, 0.05) is 19.6 Å². The summed E-state index contributed by atoms with van der Waals surface area (Å²) in [4.78, 5) is 101. The van der Waals surface area contributed by atoms with E-state index in [1.165, 1.54) is 0 Å². The second-order valence-corrected chi connectivity index (χ2v) is 16.0. The highest BCUT2D eigenvalue weighted by atomic mass is 16.6. The van der Waals surface area contributed by atoms with Gasteiger partial charge in [0.2, 0.25) is 23.6 Å².